The molecule has 3 aromatic rings. The average Bonchev–Trinajstić information content (AvgIpc) is 3.39. The van der Waals surface area contributed by atoms with Crippen LogP contribution < -0.4 is 4.89 Å². The fourth-order valence-electron chi connectivity index (χ4n) is 4.30. The Balaban J connectivity index is 1.34. The van der Waals surface area contributed by atoms with Gasteiger partial charge in [-0.05, 0) is 104 Å². The van der Waals surface area contributed by atoms with E-state index in [-0.39, 0.29) is 5.41 Å². The Morgan fingerprint density at radius 1 is 1.06 bits per heavy atom. The van der Waals surface area contributed by atoms with Crippen LogP contribution in [0.3, 0.4) is 0 Å². The van der Waals surface area contributed by atoms with Gasteiger partial charge < -0.3 is 4.89 Å². The second-order valence-corrected chi connectivity index (χ2v) is 10.8. The lowest BCUT2D eigenvalue weighted by atomic mass is 9.95. The zero-order valence-electron chi connectivity index (χ0n) is 21.0. The highest BCUT2D eigenvalue weighted by Gasteiger charge is 2.23. The summed E-state index contributed by atoms with van der Waals surface area (Å²) in [6, 6.07) is 19.3. The lowest BCUT2D eigenvalue weighted by Crippen LogP contribution is -2.33. The summed E-state index contributed by atoms with van der Waals surface area (Å²) in [6.45, 7) is 8.81. The highest BCUT2D eigenvalue weighted by molar-refractivity contribution is 7.08. The quantitative estimate of drug-likeness (QED) is 0.183. The molecule has 1 saturated heterocycles. The van der Waals surface area contributed by atoms with Crippen LogP contribution in [0, 0.1) is 17.3 Å². The largest absolute Gasteiger partial charge is 0.337 e. The van der Waals surface area contributed by atoms with Crippen LogP contribution in [0.15, 0.2) is 77.5 Å². The summed E-state index contributed by atoms with van der Waals surface area (Å²) in [7, 11) is 0. The van der Waals surface area contributed by atoms with Crippen molar-refractivity contribution in [3.05, 3.63) is 88.6 Å². The molecule has 1 aliphatic rings. The molecule has 0 N–H and O–H groups in total. The molecule has 3 nitrogen and oxygen atoms in total. The van der Waals surface area contributed by atoms with Crippen LogP contribution in [0.1, 0.15) is 57.2 Å². The van der Waals surface area contributed by atoms with Crippen LogP contribution in [-0.2, 0) is 11.5 Å². The van der Waals surface area contributed by atoms with Crippen LogP contribution in [-0.4, -0.2) is 18.0 Å². The van der Waals surface area contributed by atoms with Crippen molar-refractivity contribution in [1.29, 1.82) is 0 Å². The molecule has 1 atom stereocenters. The lowest BCUT2D eigenvalue weighted by molar-refractivity contribution is -0.217. The number of likely N-dealkylation sites (tertiary alicyclic amines) is 1. The average molecular weight is 486 g/mol. The van der Waals surface area contributed by atoms with Gasteiger partial charge in [-0.2, -0.15) is 16.2 Å². The van der Waals surface area contributed by atoms with Gasteiger partial charge in [-0.25, -0.2) is 0 Å². The van der Waals surface area contributed by atoms with Crippen LogP contribution in [0.2, 0.25) is 0 Å². The second-order valence-electron chi connectivity index (χ2n) is 10.1. The molecule has 0 amide bonds. The fourth-order valence-corrected chi connectivity index (χ4v) is 4.97. The number of piperidine rings is 1. The molecule has 0 radical (unpaired) electrons. The molecule has 182 valence electrons. The normalized spacial score (nSPS) is 16.7. The summed E-state index contributed by atoms with van der Waals surface area (Å²) in [5.41, 5.74) is 4.83. The standard InChI is InChI=1S/C31H35NO2S/c1-31(2,3)17-6-4-7-18-32-19-8-5-15-30(32)27-13-10-14-29(22-27)34-33-23-25-11-9-12-26(21-25)28-16-20-35-24-28/h4,7,9-14,16,20-22,24,30H,5,8,15,18-19,23H2,1-3H3. The molecule has 4 rings (SSSR count). The molecule has 1 aliphatic heterocycles. The first kappa shape index (κ1) is 25.3. The minimum Gasteiger partial charge on any atom is -0.337 e. The summed E-state index contributed by atoms with van der Waals surface area (Å²) in [4.78, 5) is 13.9. The van der Waals surface area contributed by atoms with Gasteiger partial charge in [0.25, 0.3) is 0 Å². The number of hydrogen-bond donors (Lipinski definition) is 0. The van der Waals surface area contributed by atoms with Crippen molar-refractivity contribution < 1.29 is 9.78 Å². The smallest absolute Gasteiger partial charge is 0.165 e. The maximum atomic E-state index is 5.70. The summed E-state index contributed by atoms with van der Waals surface area (Å²) in [5, 5.41) is 4.26. The molecule has 35 heavy (non-hydrogen) atoms. The Morgan fingerprint density at radius 3 is 2.77 bits per heavy atom. The van der Waals surface area contributed by atoms with Gasteiger partial charge >= 0.3 is 0 Å². The van der Waals surface area contributed by atoms with Crippen LogP contribution in [0.4, 0.5) is 0 Å². The minimum atomic E-state index is 0.0351. The topological polar surface area (TPSA) is 21.7 Å². The van der Waals surface area contributed by atoms with E-state index >= 15 is 0 Å². The first-order valence-corrected chi connectivity index (χ1v) is 13.3. The minimum absolute atomic E-state index is 0.0351. The fraction of sp³-hybridized carbons (Fsp3) is 0.355. The van der Waals surface area contributed by atoms with Gasteiger partial charge in [0.05, 0.1) is 0 Å². The molecule has 1 aromatic heterocycles. The first-order valence-electron chi connectivity index (χ1n) is 12.4. The van der Waals surface area contributed by atoms with Crippen LogP contribution in [0.25, 0.3) is 11.1 Å². The van der Waals surface area contributed by atoms with Crippen LogP contribution >= 0.6 is 11.3 Å². The summed E-state index contributed by atoms with van der Waals surface area (Å²) >= 11 is 1.71. The van der Waals surface area contributed by atoms with Crippen molar-refractivity contribution in [3.8, 4) is 28.7 Å². The molecule has 1 unspecified atom stereocenters. The van der Waals surface area contributed by atoms with Crippen LogP contribution in [0.5, 0.6) is 5.75 Å². The Labute approximate surface area is 214 Å². The van der Waals surface area contributed by atoms with Crippen molar-refractivity contribution in [2.75, 3.05) is 13.1 Å². The van der Waals surface area contributed by atoms with Gasteiger partial charge in [-0.15, -0.1) is 0 Å². The molecule has 0 spiro atoms. The molecular formula is C31H35NO2S. The van der Waals surface area contributed by atoms with Gasteiger partial charge in [0.1, 0.15) is 6.61 Å². The van der Waals surface area contributed by atoms with E-state index in [4.69, 9.17) is 9.78 Å². The van der Waals surface area contributed by atoms with E-state index < -0.39 is 0 Å². The number of nitrogens with zero attached hydrogens (tertiary/aromatic N) is 1. The van der Waals surface area contributed by atoms with E-state index in [0.29, 0.717) is 12.6 Å². The number of rotatable bonds is 8. The Hall–Kier alpha value is -2.84. The highest BCUT2D eigenvalue weighted by atomic mass is 32.1. The van der Waals surface area contributed by atoms with Crippen molar-refractivity contribution in [2.24, 2.45) is 5.41 Å². The van der Waals surface area contributed by atoms with E-state index in [1.165, 1.54) is 29.5 Å². The summed E-state index contributed by atoms with van der Waals surface area (Å²) < 4.78 is 0. The number of allylic oxidation sites excluding steroid dienone is 1. The Kier molecular flexibility index (Phi) is 8.82. The molecule has 0 bridgehead atoms. The third-order valence-electron chi connectivity index (χ3n) is 6.01. The predicted molar refractivity (Wildman–Crippen MR) is 146 cm³/mol. The number of benzene rings is 2. The number of hydrogen-bond acceptors (Lipinski definition) is 4. The maximum Gasteiger partial charge on any atom is 0.165 e. The number of thiophene rings is 1. The van der Waals surface area contributed by atoms with E-state index in [0.717, 1.165) is 30.8 Å². The molecule has 4 heteroatoms. The molecule has 0 saturated carbocycles. The third kappa shape index (κ3) is 7.83. The summed E-state index contributed by atoms with van der Waals surface area (Å²) in [5.74, 6) is 7.19. The van der Waals surface area contributed by atoms with E-state index in [1.54, 1.807) is 11.3 Å². The predicted octanol–water partition coefficient (Wildman–Crippen LogP) is 8.06. The van der Waals surface area contributed by atoms with Crippen molar-refractivity contribution >= 4 is 11.3 Å². The maximum absolute atomic E-state index is 5.70. The molecule has 0 aliphatic carbocycles. The van der Waals surface area contributed by atoms with Crippen molar-refractivity contribution in [3.63, 3.8) is 0 Å². The molecule has 1 fully saturated rings. The summed E-state index contributed by atoms with van der Waals surface area (Å²) in [6.07, 6.45) is 7.82. The molecule has 2 aromatic carbocycles. The monoisotopic (exact) mass is 485 g/mol. The van der Waals surface area contributed by atoms with Gasteiger partial charge in [0.15, 0.2) is 5.75 Å². The zero-order chi connectivity index (χ0) is 24.5. The molecule has 2 heterocycles. The Bertz CT molecular complexity index is 1160. The zero-order valence-corrected chi connectivity index (χ0v) is 21.8. The van der Waals surface area contributed by atoms with Gasteiger partial charge in [-0.3, -0.25) is 4.90 Å². The van der Waals surface area contributed by atoms with Crippen molar-refractivity contribution in [1.82, 2.24) is 4.90 Å². The highest BCUT2D eigenvalue weighted by Crippen LogP contribution is 2.32. The second kappa shape index (κ2) is 12.2. The lowest BCUT2D eigenvalue weighted by Gasteiger charge is -2.35. The Morgan fingerprint density at radius 2 is 1.94 bits per heavy atom. The van der Waals surface area contributed by atoms with E-state index in [1.807, 2.05) is 12.1 Å². The SMILES string of the molecule is CC(C)(C)C#CC=CCN1CCCCC1c1cccc(OOCc2cccc(-c3ccsc3)c2)c1. The first-order chi connectivity index (χ1) is 17.0. The molecular weight excluding hydrogens is 450 g/mol. The van der Waals surface area contributed by atoms with Gasteiger partial charge in [-0.1, -0.05) is 54.7 Å². The van der Waals surface area contributed by atoms with Gasteiger partial charge in [0.2, 0.25) is 0 Å². The van der Waals surface area contributed by atoms with E-state index in [2.05, 4.69) is 103 Å². The van der Waals surface area contributed by atoms with E-state index in [9.17, 15) is 0 Å². The third-order valence-corrected chi connectivity index (χ3v) is 6.69. The van der Waals surface area contributed by atoms with Crippen molar-refractivity contribution in [2.45, 2.75) is 52.7 Å². The van der Waals surface area contributed by atoms with Gasteiger partial charge in [0, 0.05) is 18.0 Å².